The average molecular weight is 355 g/mol. The Morgan fingerprint density at radius 3 is 2.85 bits per heavy atom. The molecule has 7 nitrogen and oxygen atoms in total. The van der Waals surface area contributed by atoms with Crippen LogP contribution >= 0.6 is 0 Å². The van der Waals surface area contributed by atoms with E-state index in [0.29, 0.717) is 25.6 Å². The first-order valence-corrected chi connectivity index (χ1v) is 9.24. The number of rotatable bonds is 2. The molecule has 2 aromatic rings. The lowest BCUT2D eigenvalue weighted by Crippen LogP contribution is -2.40. The van der Waals surface area contributed by atoms with Gasteiger partial charge in [-0.05, 0) is 31.7 Å². The number of nitrogens with one attached hydrogen (secondary N) is 1. The maximum absolute atomic E-state index is 13.1. The predicted molar refractivity (Wildman–Crippen MR) is 92.0 cm³/mol. The van der Waals surface area contributed by atoms with Crippen LogP contribution < -0.4 is 10.5 Å². The van der Waals surface area contributed by atoms with Gasteiger partial charge in [0, 0.05) is 35.9 Å². The molecule has 1 aromatic heterocycles. The second-order valence-electron chi connectivity index (χ2n) is 7.56. The number of carbonyl (C=O) groups is 1. The Kier molecular flexibility index (Phi) is 3.45. The molecule has 26 heavy (non-hydrogen) atoms. The van der Waals surface area contributed by atoms with E-state index in [1.165, 1.54) is 5.56 Å². The predicted octanol–water partition coefficient (Wildman–Crippen LogP) is 1.81. The first kappa shape index (κ1) is 15.7. The van der Waals surface area contributed by atoms with E-state index in [9.17, 15) is 9.59 Å². The van der Waals surface area contributed by atoms with Gasteiger partial charge in [0.15, 0.2) is 0 Å². The van der Waals surface area contributed by atoms with Gasteiger partial charge in [0.05, 0.1) is 6.61 Å². The number of benzene rings is 1. The number of H-pyrrole nitrogens is 1. The van der Waals surface area contributed by atoms with Gasteiger partial charge >= 0.3 is 5.76 Å². The zero-order valence-corrected chi connectivity index (χ0v) is 14.4. The second-order valence-corrected chi connectivity index (χ2v) is 7.56. The topological polar surface area (TPSA) is 88.4 Å². The van der Waals surface area contributed by atoms with Crippen molar-refractivity contribution in [3.05, 3.63) is 46.3 Å². The Labute approximate surface area is 150 Å². The van der Waals surface area contributed by atoms with E-state index >= 15 is 0 Å². The van der Waals surface area contributed by atoms with Crippen molar-refractivity contribution in [1.82, 2.24) is 15.1 Å². The molecule has 0 bridgehead atoms. The van der Waals surface area contributed by atoms with Gasteiger partial charge in [-0.3, -0.25) is 4.79 Å². The summed E-state index contributed by atoms with van der Waals surface area (Å²) in [6.07, 6.45) is 3.38. The van der Waals surface area contributed by atoms with Crippen LogP contribution in [0.1, 0.15) is 43.1 Å². The minimum atomic E-state index is -0.517. The fourth-order valence-electron chi connectivity index (χ4n) is 4.67. The molecule has 5 rings (SSSR count). The SMILES string of the molecule is O=C(C1CC12CCOc1ccccc12)N1CCC(c2n[nH]c(=O)o2)CC1. The van der Waals surface area contributed by atoms with E-state index < -0.39 is 5.76 Å². The number of aromatic nitrogens is 2. The number of fused-ring (bicyclic) bond motifs is 2. The van der Waals surface area contributed by atoms with E-state index in [-0.39, 0.29) is 23.2 Å². The quantitative estimate of drug-likeness (QED) is 0.887. The molecule has 1 aliphatic carbocycles. The van der Waals surface area contributed by atoms with Crippen molar-refractivity contribution in [3.63, 3.8) is 0 Å². The molecule has 1 aromatic carbocycles. The average Bonchev–Trinajstić information content (AvgIpc) is 3.22. The number of hydrogen-bond acceptors (Lipinski definition) is 5. The Morgan fingerprint density at radius 1 is 1.27 bits per heavy atom. The molecular weight excluding hydrogens is 334 g/mol. The van der Waals surface area contributed by atoms with Crippen molar-refractivity contribution in [3.8, 4) is 5.75 Å². The van der Waals surface area contributed by atoms with Crippen molar-refractivity contribution >= 4 is 5.91 Å². The summed E-state index contributed by atoms with van der Waals surface area (Å²) in [4.78, 5) is 26.2. The molecule has 1 saturated carbocycles. The molecule has 1 saturated heterocycles. The number of amides is 1. The molecule has 3 heterocycles. The normalized spacial score (nSPS) is 27.8. The molecule has 7 heteroatoms. The van der Waals surface area contributed by atoms with Gasteiger partial charge in [0.2, 0.25) is 11.8 Å². The van der Waals surface area contributed by atoms with Crippen LogP contribution in [-0.2, 0) is 10.2 Å². The van der Waals surface area contributed by atoms with Crippen LogP contribution in [0.4, 0.5) is 0 Å². The summed E-state index contributed by atoms with van der Waals surface area (Å²) in [5.74, 6) is 1.30. The smallest absolute Gasteiger partial charge is 0.434 e. The highest BCUT2D eigenvalue weighted by Crippen LogP contribution is 2.61. The maximum atomic E-state index is 13.1. The third-order valence-corrected chi connectivity index (χ3v) is 6.21. The summed E-state index contributed by atoms with van der Waals surface area (Å²) in [6, 6.07) is 8.11. The third kappa shape index (κ3) is 2.37. The summed E-state index contributed by atoms with van der Waals surface area (Å²) < 4.78 is 10.8. The first-order valence-electron chi connectivity index (χ1n) is 9.24. The van der Waals surface area contributed by atoms with Crippen LogP contribution in [0.25, 0.3) is 0 Å². The van der Waals surface area contributed by atoms with E-state index in [2.05, 4.69) is 16.3 Å². The highest BCUT2D eigenvalue weighted by Gasteiger charge is 2.61. The number of nitrogens with zero attached hydrogens (tertiary/aromatic N) is 2. The van der Waals surface area contributed by atoms with Crippen molar-refractivity contribution in [2.75, 3.05) is 19.7 Å². The van der Waals surface area contributed by atoms with E-state index in [4.69, 9.17) is 9.15 Å². The number of hydrogen-bond donors (Lipinski definition) is 1. The van der Waals surface area contributed by atoms with Gasteiger partial charge in [-0.15, -0.1) is 5.10 Å². The Hall–Kier alpha value is -2.57. The van der Waals surface area contributed by atoms with Gasteiger partial charge in [-0.1, -0.05) is 18.2 Å². The van der Waals surface area contributed by atoms with Gasteiger partial charge in [0.25, 0.3) is 0 Å². The van der Waals surface area contributed by atoms with Crippen LogP contribution in [0.3, 0.4) is 0 Å². The highest BCUT2D eigenvalue weighted by molar-refractivity contribution is 5.85. The Morgan fingerprint density at radius 2 is 2.08 bits per heavy atom. The van der Waals surface area contributed by atoms with Crippen molar-refractivity contribution in [2.24, 2.45) is 5.92 Å². The zero-order chi connectivity index (χ0) is 17.7. The molecular formula is C19H21N3O4. The summed E-state index contributed by atoms with van der Waals surface area (Å²) in [6.45, 7) is 2.05. The molecule has 1 N–H and O–H groups in total. The first-order chi connectivity index (χ1) is 12.7. The van der Waals surface area contributed by atoms with Crippen molar-refractivity contribution < 1.29 is 13.9 Å². The van der Waals surface area contributed by atoms with Gasteiger partial charge in [-0.25, -0.2) is 9.89 Å². The summed E-state index contributed by atoms with van der Waals surface area (Å²) >= 11 is 0. The zero-order valence-electron chi connectivity index (χ0n) is 14.4. The van der Waals surface area contributed by atoms with Crippen LogP contribution in [-0.4, -0.2) is 40.7 Å². The van der Waals surface area contributed by atoms with Gasteiger partial charge < -0.3 is 14.1 Å². The van der Waals surface area contributed by atoms with E-state index in [1.54, 1.807) is 0 Å². The summed E-state index contributed by atoms with van der Waals surface area (Å²) in [7, 11) is 0. The van der Waals surface area contributed by atoms with E-state index in [1.807, 2.05) is 23.1 Å². The molecule has 1 amide bonds. The number of ether oxygens (including phenoxy) is 1. The summed E-state index contributed by atoms with van der Waals surface area (Å²) in [5, 5.41) is 6.24. The maximum Gasteiger partial charge on any atom is 0.434 e. The lowest BCUT2D eigenvalue weighted by Gasteiger charge is -2.32. The monoisotopic (exact) mass is 355 g/mol. The molecule has 2 fully saturated rings. The molecule has 0 radical (unpaired) electrons. The fourth-order valence-corrected chi connectivity index (χ4v) is 4.67. The fraction of sp³-hybridized carbons (Fsp3) is 0.526. The minimum Gasteiger partial charge on any atom is -0.493 e. The number of aromatic amines is 1. The minimum absolute atomic E-state index is 0.0300. The van der Waals surface area contributed by atoms with Gasteiger partial charge in [-0.2, -0.15) is 0 Å². The van der Waals surface area contributed by atoms with Gasteiger partial charge in [0.1, 0.15) is 5.75 Å². The highest BCUT2D eigenvalue weighted by atomic mass is 16.5. The number of likely N-dealkylation sites (tertiary alicyclic amines) is 1. The number of carbonyl (C=O) groups excluding carboxylic acids is 1. The standard InChI is InChI=1S/C19H21N3O4/c23-17(22-8-5-12(6-9-22)16-20-21-18(24)26-16)14-11-19(14)7-10-25-15-4-2-1-3-13(15)19/h1-4,12,14H,5-11H2,(H,21,24). The van der Waals surface area contributed by atoms with Crippen molar-refractivity contribution in [1.29, 1.82) is 0 Å². The van der Waals surface area contributed by atoms with Crippen LogP contribution in [0.15, 0.2) is 33.5 Å². The number of para-hydroxylation sites is 1. The van der Waals surface area contributed by atoms with Crippen molar-refractivity contribution in [2.45, 2.75) is 37.0 Å². The summed E-state index contributed by atoms with van der Waals surface area (Å²) in [5.41, 5.74) is 1.16. The second kappa shape index (κ2) is 5.72. The van der Waals surface area contributed by atoms with Crippen LogP contribution in [0.5, 0.6) is 5.75 Å². The molecule has 2 aliphatic heterocycles. The molecule has 2 atom stereocenters. The van der Waals surface area contributed by atoms with Crippen LogP contribution in [0, 0.1) is 5.92 Å². The Balaban J connectivity index is 1.27. The third-order valence-electron chi connectivity index (χ3n) is 6.21. The largest absolute Gasteiger partial charge is 0.493 e. The molecule has 1 spiro atoms. The Bertz CT molecular complexity index is 896. The molecule has 2 unspecified atom stereocenters. The number of piperidine rings is 1. The molecule has 3 aliphatic rings. The van der Waals surface area contributed by atoms with Crippen LogP contribution in [0.2, 0.25) is 0 Å². The van der Waals surface area contributed by atoms with E-state index in [0.717, 1.165) is 31.4 Å². The molecule has 136 valence electrons. The lowest BCUT2D eigenvalue weighted by atomic mass is 9.87. The lowest BCUT2D eigenvalue weighted by molar-refractivity contribution is -0.134.